The van der Waals surface area contributed by atoms with Gasteiger partial charge in [0, 0.05) is 35.9 Å². The van der Waals surface area contributed by atoms with Gasteiger partial charge in [0.15, 0.2) is 11.5 Å². The molecule has 0 unspecified atom stereocenters. The van der Waals surface area contributed by atoms with Crippen molar-refractivity contribution in [3.05, 3.63) is 46.4 Å². The minimum Gasteiger partial charge on any atom is -0.497 e. The minimum absolute atomic E-state index is 0.00714. The summed E-state index contributed by atoms with van der Waals surface area (Å²) in [6.45, 7) is 4.73. The molecule has 0 aliphatic carbocycles. The summed E-state index contributed by atoms with van der Waals surface area (Å²) in [6, 6.07) is 11.6. The van der Waals surface area contributed by atoms with Crippen LogP contribution in [0.5, 0.6) is 17.2 Å². The Kier molecular flexibility index (Phi) is 8.46. The Balaban J connectivity index is 1.75. The van der Waals surface area contributed by atoms with Gasteiger partial charge < -0.3 is 19.1 Å². The van der Waals surface area contributed by atoms with E-state index in [2.05, 4.69) is 22.9 Å². The van der Waals surface area contributed by atoms with E-state index in [-0.39, 0.29) is 6.03 Å². The second-order valence-electron chi connectivity index (χ2n) is 7.60. The molecule has 0 aromatic heterocycles. The summed E-state index contributed by atoms with van der Waals surface area (Å²) in [7, 11) is 3.28. The molecule has 0 saturated carbocycles. The standard InChI is InChI=1S/C24H31BrN2O4/c1-4-5-6-12-31-23-16-20(8-9-22(23)30-3)27-11-7-10-26(24(27)28)17-18-13-19(25)15-21(14-18)29-2/h8-9,13-16H,4-7,10-12,17H2,1-3H3. The molecule has 31 heavy (non-hydrogen) atoms. The van der Waals surface area contributed by atoms with E-state index in [0.29, 0.717) is 31.2 Å². The number of nitrogens with zero attached hydrogens (tertiary/aromatic N) is 2. The fraction of sp³-hybridized carbons (Fsp3) is 0.458. The van der Waals surface area contributed by atoms with Gasteiger partial charge in [0.2, 0.25) is 0 Å². The van der Waals surface area contributed by atoms with Gasteiger partial charge in [-0.3, -0.25) is 4.90 Å². The lowest BCUT2D eigenvalue weighted by Gasteiger charge is -2.36. The molecule has 168 valence electrons. The first kappa shape index (κ1) is 23.3. The smallest absolute Gasteiger partial charge is 0.324 e. The molecule has 1 aliphatic heterocycles. The molecule has 1 fully saturated rings. The summed E-state index contributed by atoms with van der Waals surface area (Å²) in [5.41, 5.74) is 1.85. The number of carbonyl (C=O) groups excluding carboxylic acids is 1. The largest absolute Gasteiger partial charge is 0.497 e. The highest BCUT2D eigenvalue weighted by Crippen LogP contribution is 2.33. The van der Waals surface area contributed by atoms with Crippen molar-refractivity contribution in [2.24, 2.45) is 0 Å². The van der Waals surface area contributed by atoms with Crippen LogP contribution in [-0.4, -0.2) is 44.8 Å². The van der Waals surface area contributed by atoms with E-state index in [1.165, 1.54) is 0 Å². The lowest BCUT2D eigenvalue weighted by atomic mass is 10.1. The number of carbonyl (C=O) groups is 1. The molecule has 2 aromatic rings. The van der Waals surface area contributed by atoms with E-state index in [1.54, 1.807) is 14.2 Å². The molecule has 0 N–H and O–H groups in total. The Labute approximate surface area is 193 Å². The van der Waals surface area contributed by atoms with Crippen molar-refractivity contribution in [2.45, 2.75) is 39.2 Å². The van der Waals surface area contributed by atoms with Crippen LogP contribution in [0.25, 0.3) is 0 Å². The van der Waals surface area contributed by atoms with Gasteiger partial charge >= 0.3 is 6.03 Å². The molecule has 1 heterocycles. The normalized spacial score (nSPS) is 14.0. The summed E-state index contributed by atoms with van der Waals surface area (Å²) < 4.78 is 17.7. The maximum Gasteiger partial charge on any atom is 0.324 e. The van der Waals surface area contributed by atoms with Crippen molar-refractivity contribution in [3.63, 3.8) is 0 Å². The molecule has 0 radical (unpaired) electrons. The van der Waals surface area contributed by atoms with E-state index in [1.807, 2.05) is 46.2 Å². The van der Waals surface area contributed by atoms with Gasteiger partial charge in [0.05, 0.1) is 20.8 Å². The number of hydrogen-bond acceptors (Lipinski definition) is 4. The first-order valence-electron chi connectivity index (χ1n) is 10.8. The topological polar surface area (TPSA) is 51.2 Å². The molecule has 0 atom stereocenters. The Hall–Kier alpha value is -2.41. The molecule has 3 rings (SSSR count). The Bertz CT molecular complexity index is 890. The van der Waals surface area contributed by atoms with E-state index >= 15 is 0 Å². The van der Waals surface area contributed by atoms with Crippen LogP contribution in [-0.2, 0) is 6.54 Å². The van der Waals surface area contributed by atoms with Crippen molar-refractivity contribution in [1.82, 2.24) is 4.90 Å². The maximum atomic E-state index is 13.3. The highest BCUT2D eigenvalue weighted by atomic mass is 79.9. The number of unbranched alkanes of at least 4 members (excludes halogenated alkanes) is 2. The van der Waals surface area contributed by atoms with Gasteiger partial charge in [-0.05, 0) is 48.7 Å². The summed E-state index contributed by atoms with van der Waals surface area (Å²) in [5.74, 6) is 2.13. The summed E-state index contributed by atoms with van der Waals surface area (Å²) in [5, 5.41) is 0. The third kappa shape index (κ3) is 6.06. The van der Waals surface area contributed by atoms with Gasteiger partial charge in [-0.25, -0.2) is 4.79 Å². The molecular weight excluding hydrogens is 460 g/mol. The zero-order valence-corrected chi connectivity index (χ0v) is 20.1. The predicted octanol–water partition coefficient (Wildman–Crippen LogP) is 5.87. The van der Waals surface area contributed by atoms with Crippen LogP contribution in [0.1, 0.15) is 38.2 Å². The third-order valence-corrected chi connectivity index (χ3v) is 5.77. The number of ether oxygens (including phenoxy) is 3. The van der Waals surface area contributed by atoms with Crippen LogP contribution in [0.3, 0.4) is 0 Å². The van der Waals surface area contributed by atoms with Crippen LogP contribution >= 0.6 is 15.9 Å². The molecule has 7 heteroatoms. The number of hydrogen-bond donors (Lipinski definition) is 0. The Morgan fingerprint density at radius 2 is 1.84 bits per heavy atom. The average Bonchev–Trinajstić information content (AvgIpc) is 2.77. The number of halogens is 1. The molecule has 0 spiro atoms. The van der Waals surface area contributed by atoms with Crippen molar-refractivity contribution in [3.8, 4) is 17.2 Å². The number of methoxy groups -OCH3 is 2. The van der Waals surface area contributed by atoms with Crippen LogP contribution in [0, 0.1) is 0 Å². The van der Waals surface area contributed by atoms with Crippen LogP contribution in [0.2, 0.25) is 0 Å². The molecule has 2 amide bonds. The quantitative estimate of drug-likeness (QED) is 0.391. The number of urea groups is 1. The Morgan fingerprint density at radius 3 is 2.58 bits per heavy atom. The SMILES string of the molecule is CCCCCOc1cc(N2CCCN(Cc3cc(Br)cc(OC)c3)C2=O)ccc1OC. The minimum atomic E-state index is -0.00714. The lowest BCUT2D eigenvalue weighted by Crippen LogP contribution is -2.49. The number of anilines is 1. The van der Waals surface area contributed by atoms with Gasteiger partial charge in [0.25, 0.3) is 0 Å². The fourth-order valence-electron chi connectivity index (χ4n) is 3.70. The average molecular weight is 491 g/mol. The van der Waals surface area contributed by atoms with Crippen LogP contribution in [0.4, 0.5) is 10.5 Å². The van der Waals surface area contributed by atoms with Crippen molar-refractivity contribution >= 4 is 27.6 Å². The van der Waals surface area contributed by atoms with E-state index < -0.39 is 0 Å². The van der Waals surface area contributed by atoms with Gasteiger partial charge in [-0.15, -0.1) is 0 Å². The van der Waals surface area contributed by atoms with Crippen molar-refractivity contribution < 1.29 is 19.0 Å². The van der Waals surface area contributed by atoms with Crippen LogP contribution < -0.4 is 19.1 Å². The van der Waals surface area contributed by atoms with E-state index in [9.17, 15) is 4.79 Å². The van der Waals surface area contributed by atoms with Gasteiger partial charge in [0.1, 0.15) is 5.75 Å². The van der Waals surface area contributed by atoms with E-state index in [0.717, 1.165) is 53.7 Å². The second-order valence-corrected chi connectivity index (χ2v) is 8.52. The zero-order valence-electron chi connectivity index (χ0n) is 18.5. The zero-order chi connectivity index (χ0) is 22.2. The summed E-state index contributed by atoms with van der Waals surface area (Å²) in [6.07, 6.45) is 4.16. The molecule has 6 nitrogen and oxygen atoms in total. The number of rotatable bonds is 10. The lowest BCUT2D eigenvalue weighted by molar-refractivity contribution is 0.192. The highest BCUT2D eigenvalue weighted by Gasteiger charge is 2.27. The van der Waals surface area contributed by atoms with E-state index in [4.69, 9.17) is 14.2 Å². The molecule has 1 saturated heterocycles. The molecule has 1 aliphatic rings. The number of amides is 2. The first-order chi connectivity index (χ1) is 15.0. The summed E-state index contributed by atoms with van der Waals surface area (Å²) >= 11 is 3.51. The predicted molar refractivity (Wildman–Crippen MR) is 126 cm³/mol. The molecular formula is C24H31BrN2O4. The fourth-order valence-corrected chi connectivity index (χ4v) is 4.22. The Morgan fingerprint density at radius 1 is 1.00 bits per heavy atom. The van der Waals surface area contributed by atoms with Crippen LogP contribution in [0.15, 0.2) is 40.9 Å². The molecule has 2 aromatic carbocycles. The number of benzene rings is 2. The summed E-state index contributed by atoms with van der Waals surface area (Å²) in [4.78, 5) is 17.0. The van der Waals surface area contributed by atoms with Gasteiger partial charge in [-0.1, -0.05) is 35.7 Å². The van der Waals surface area contributed by atoms with Crippen molar-refractivity contribution in [1.29, 1.82) is 0 Å². The monoisotopic (exact) mass is 490 g/mol. The van der Waals surface area contributed by atoms with Crippen molar-refractivity contribution in [2.75, 3.05) is 38.8 Å². The molecule has 0 bridgehead atoms. The van der Waals surface area contributed by atoms with Gasteiger partial charge in [-0.2, -0.15) is 0 Å². The third-order valence-electron chi connectivity index (χ3n) is 5.32. The highest BCUT2D eigenvalue weighted by molar-refractivity contribution is 9.10. The first-order valence-corrected chi connectivity index (χ1v) is 11.6. The second kappa shape index (κ2) is 11.3. The maximum absolute atomic E-state index is 13.3.